The first-order valence-electron chi connectivity index (χ1n) is 6.31. The van der Waals surface area contributed by atoms with Gasteiger partial charge in [-0.15, -0.1) is 11.3 Å². The van der Waals surface area contributed by atoms with E-state index in [1.54, 1.807) is 11.3 Å². The van der Waals surface area contributed by atoms with Crippen molar-refractivity contribution in [1.82, 2.24) is 9.97 Å². The maximum absolute atomic E-state index is 6.29. The fraction of sp³-hybridized carbons (Fsp3) is 0.200. The number of aryl methyl sites for hydroxylation is 3. The van der Waals surface area contributed by atoms with Crippen molar-refractivity contribution < 1.29 is 0 Å². The van der Waals surface area contributed by atoms with Crippen LogP contribution in [-0.4, -0.2) is 9.97 Å². The van der Waals surface area contributed by atoms with Gasteiger partial charge in [-0.25, -0.2) is 9.97 Å². The molecule has 0 aliphatic carbocycles. The Hall–Kier alpha value is -1.65. The molecule has 102 valence electrons. The highest BCUT2D eigenvalue weighted by Gasteiger charge is 2.13. The summed E-state index contributed by atoms with van der Waals surface area (Å²) in [5.41, 5.74) is 3.31. The molecule has 3 aromatic rings. The first kappa shape index (κ1) is 13.3. The van der Waals surface area contributed by atoms with Crippen molar-refractivity contribution >= 4 is 44.8 Å². The molecule has 0 fully saturated rings. The van der Waals surface area contributed by atoms with Crippen LogP contribution in [0.4, 0.5) is 11.6 Å². The molecule has 0 aliphatic rings. The summed E-state index contributed by atoms with van der Waals surface area (Å²) >= 11 is 7.94. The van der Waals surface area contributed by atoms with Gasteiger partial charge in [0.1, 0.15) is 9.98 Å². The Balaban J connectivity index is 2.05. The lowest BCUT2D eigenvalue weighted by Gasteiger charge is -2.06. The molecule has 5 heteroatoms. The van der Waals surface area contributed by atoms with Crippen molar-refractivity contribution in [2.45, 2.75) is 20.8 Å². The van der Waals surface area contributed by atoms with Crippen LogP contribution in [-0.2, 0) is 0 Å². The van der Waals surface area contributed by atoms with Gasteiger partial charge >= 0.3 is 0 Å². The number of rotatable bonds is 2. The Morgan fingerprint density at radius 1 is 1.15 bits per heavy atom. The SMILES string of the molecule is Cc1cccc(Nc2nc(Cl)c3c(C)c(C)sc3n2)c1. The standard InChI is InChI=1S/C15H14ClN3S/c1-8-5-4-6-11(7-8)17-15-18-13(16)12-9(2)10(3)20-14(12)19-15/h4-7H,1-3H3,(H,17,18,19). The molecule has 3 nitrogen and oxygen atoms in total. The van der Waals surface area contributed by atoms with Crippen LogP contribution in [0.2, 0.25) is 5.15 Å². The minimum Gasteiger partial charge on any atom is -0.324 e. The van der Waals surface area contributed by atoms with E-state index in [0.29, 0.717) is 11.1 Å². The van der Waals surface area contributed by atoms with Gasteiger partial charge in [-0.2, -0.15) is 0 Å². The fourth-order valence-electron chi connectivity index (χ4n) is 2.11. The molecule has 0 saturated heterocycles. The molecule has 20 heavy (non-hydrogen) atoms. The fourth-order valence-corrected chi connectivity index (χ4v) is 3.51. The van der Waals surface area contributed by atoms with Crippen LogP contribution in [0, 0.1) is 20.8 Å². The summed E-state index contributed by atoms with van der Waals surface area (Å²) in [6, 6.07) is 8.08. The molecule has 0 atom stereocenters. The van der Waals surface area contributed by atoms with Crippen molar-refractivity contribution in [1.29, 1.82) is 0 Å². The average molecular weight is 304 g/mol. The third-order valence-corrected chi connectivity index (χ3v) is 4.63. The predicted octanol–water partition coefficient (Wildman–Crippen LogP) is 5.01. The van der Waals surface area contributed by atoms with Gasteiger partial charge < -0.3 is 5.32 Å². The normalized spacial score (nSPS) is 11.0. The van der Waals surface area contributed by atoms with Crippen LogP contribution in [0.15, 0.2) is 24.3 Å². The van der Waals surface area contributed by atoms with Gasteiger partial charge in [0.05, 0.1) is 5.39 Å². The molecule has 0 unspecified atom stereocenters. The summed E-state index contributed by atoms with van der Waals surface area (Å²) in [6.07, 6.45) is 0. The molecule has 0 radical (unpaired) electrons. The number of thiophene rings is 1. The zero-order valence-corrected chi connectivity index (χ0v) is 13.1. The number of hydrogen-bond acceptors (Lipinski definition) is 4. The number of nitrogens with zero attached hydrogens (tertiary/aromatic N) is 2. The van der Waals surface area contributed by atoms with Crippen molar-refractivity contribution in [2.24, 2.45) is 0 Å². The zero-order valence-electron chi connectivity index (χ0n) is 11.5. The number of fused-ring (bicyclic) bond motifs is 1. The summed E-state index contributed by atoms with van der Waals surface area (Å²) in [5, 5.41) is 4.67. The number of hydrogen-bond donors (Lipinski definition) is 1. The molecule has 1 aromatic carbocycles. The second-order valence-electron chi connectivity index (χ2n) is 4.80. The number of aromatic nitrogens is 2. The second-order valence-corrected chi connectivity index (χ2v) is 6.36. The van der Waals surface area contributed by atoms with E-state index in [2.05, 4.69) is 29.1 Å². The van der Waals surface area contributed by atoms with Crippen molar-refractivity contribution in [3.63, 3.8) is 0 Å². The van der Waals surface area contributed by atoms with E-state index in [1.165, 1.54) is 10.4 Å². The van der Waals surface area contributed by atoms with Crippen molar-refractivity contribution in [3.8, 4) is 0 Å². The molecule has 3 rings (SSSR count). The molecule has 0 spiro atoms. The molecule has 1 N–H and O–H groups in total. The highest BCUT2D eigenvalue weighted by atomic mass is 35.5. The van der Waals surface area contributed by atoms with E-state index in [0.717, 1.165) is 21.5 Å². The van der Waals surface area contributed by atoms with Gasteiger partial charge in [0, 0.05) is 10.6 Å². The Morgan fingerprint density at radius 3 is 2.70 bits per heavy atom. The summed E-state index contributed by atoms with van der Waals surface area (Å²) in [6.45, 7) is 6.18. The molecule has 2 aromatic heterocycles. The van der Waals surface area contributed by atoms with Gasteiger partial charge in [0.15, 0.2) is 0 Å². The van der Waals surface area contributed by atoms with Gasteiger partial charge in [-0.1, -0.05) is 23.7 Å². The number of halogens is 1. The van der Waals surface area contributed by atoms with Gasteiger partial charge in [-0.3, -0.25) is 0 Å². The highest BCUT2D eigenvalue weighted by molar-refractivity contribution is 7.18. The van der Waals surface area contributed by atoms with Gasteiger partial charge in [0.2, 0.25) is 5.95 Å². The summed E-state index contributed by atoms with van der Waals surface area (Å²) in [5.74, 6) is 0.536. The average Bonchev–Trinajstić information content (AvgIpc) is 2.65. The Morgan fingerprint density at radius 2 is 1.95 bits per heavy atom. The first-order chi connectivity index (χ1) is 9.54. The van der Waals surface area contributed by atoms with Crippen LogP contribution in [0.5, 0.6) is 0 Å². The molecule has 0 aliphatic heterocycles. The minimum atomic E-state index is 0.506. The molecular formula is C15H14ClN3S. The summed E-state index contributed by atoms with van der Waals surface area (Å²) in [7, 11) is 0. The van der Waals surface area contributed by atoms with E-state index in [4.69, 9.17) is 11.6 Å². The highest BCUT2D eigenvalue weighted by Crippen LogP contribution is 2.34. The van der Waals surface area contributed by atoms with Crippen LogP contribution in [0.1, 0.15) is 16.0 Å². The van der Waals surface area contributed by atoms with E-state index < -0.39 is 0 Å². The number of nitrogens with one attached hydrogen (secondary N) is 1. The Kier molecular flexibility index (Phi) is 3.36. The number of anilines is 2. The predicted molar refractivity (Wildman–Crippen MR) is 86.4 cm³/mol. The summed E-state index contributed by atoms with van der Waals surface area (Å²) < 4.78 is 0. The maximum atomic E-state index is 6.29. The van der Waals surface area contributed by atoms with Crippen LogP contribution in [0.3, 0.4) is 0 Å². The minimum absolute atomic E-state index is 0.506. The lowest BCUT2D eigenvalue weighted by Crippen LogP contribution is -1.97. The third kappa shape index (κ3) is 2.37. The maximum Gasteiger partial charge on any atom is 0.230 e. The molecule has 0 amide bonds. The molecular weight excluding hydrogens is 290 g/mol. The lowest BCUT2D eigenvalue weighted by molar-refractivity contribution is 1.22. The number of benzene rings is 1. The zero-order chi connectivity index (χ0) is 14.3. The van der Waals surface area contributed by atoms with E-state index in [-0.39, 0.29) is 0 Å². The Bertz CT molecular complexity index is 795. The van der Waals surface area contributed by atoms with Gasteiger partial charge in [-0.05, 0) is 44.0 Å². The monoisotopic (exact) mass is 303 g/mol. The third-order valence-electron chi connectivity index (χ3n) is 3.26. The van der Waals surface area contributed by atoms with Crippen LogP contribution >= 0.6 is 22.9 Å². The first-order valence-corrected chi connectivity index (χ1v) is 7.51. The van der Waals surface area contributed by atoms with E-state index in [9.17, 15) is 0 Å². The Labute approximate surface area is 126 Å². The van der Waals surface area contributed by atoms with Crippen molar-refractivity contribution in [3.05, 3.63) is 45.4 Å². The summed E-state index contributed by atoms with van der Waals surface area (Å²) in [4.78, 5) is 11.1. The van der Waals surface area contributed by atoms with Crippen LogP contribution < -0.4 is 5.32 Å². The molecule has 0 saturated carbocycles. The van der Waals surface area contributed by atoms with Gasteiger partial charge in [0.25, 0.3) is 0 Å². The molecule has 0 bridgehead atoms. The largest absolute Gasteiger partial charge is 0.324 e. The topological polar surface area (TPSA) is 37.8 Å². The smallest absolute Gasteiger partial charge is 0.230 e. The quantitative estimate of drug-likeness (QED) is 0.676. The van der Waals surface area contributed by atoms with E-state index >= 15 is 0 Å². The van der Waals surface area contributed by atoms with E-state index in [1.807, 2.05) is 31.2 Å². The van der Waals surface area contributed by atoms with Crippen molar-refractivity contribution in [2.75, 3.05) is 5.32 Å². The molecule has 2 heterocycles. The lowest BCUT2D eigenvalue weighted by atomic mass is 10.2. The second kappa shape index (κ2) is 5.04. The van der Waals surface area contributed by atoms with Crippen LogP contribution in [0.25, 0.3) is 10.2 Å².